The summed E-state index contributed by atoms with van der Waals surface area (Å²) in [5, 5.41) is 8.93. The maximum absolute atomic E-state index is 5.52. The quantitative estimate of drug-likeness (QED) is 0.390. The van der Waals surface area contributed by atoms with Gasteiger partial charge in [0, 0.05) is 23.8 Å². The summed E-state index contributed by atoms with van der Waals surface area (Å²) < 4.78 is 7.89. The number of hydrogen-bond acceptors (Lipinski definition) is 4. The van der Waals surface area contributed by atoms with Crippen molar-refractivity contribution in [2.24, 2.45) is 0 Å². The van der Waals surface area contributed by atoms with Crippen molar-refractivity contribution in [3.63, 3.8) is 0 Å². The van der Waals surface area contributed by atoms with E-state index >= 15 is 0 Å². The number of fused-ring (bicyclic) bond motifs is 1. The number of unbranched alkanes of at least 4 members (excludes halogenated alkanes) is 7. The largest absolute Gasteiger partial charge is 0.347 e. The fourth-order valence-corrected chi connectivity index (χ4v) is 4.32. The van der Waals surface area contributed by atoms with Crippen molar-refractivity contribution in [1.29, 1.82) is 0 Å². The molecule has 0 bridgehead atoms. The van der Waals surface area contributed by atoms with E-state index in [9.17, 15) is 0 Å². The normalized spacial score (nSPS) is 16.8. The van der Waals surface area contributed by atoms with Gasteiger partial charge in [-0.15, -0.1) is 0 Å². The Morgan fingerprint density at radius 3 is 2.69 bits per heavy atom. The van der Waals surface area contributed by atoms with E-state index in [0.29, 0.717) is 11.7 Å². The van der Waals surface area contributed by atoms with E-state index in [1.54, 1.807) is 0 Å². The molecule has 1 fully saturated rings. The predicted octanol–water partition coefficient (Wildman–Crippen LogP) is 6.26. The molecule has 0 amide bonds. The lowest BCUT2D eigenvalue weighted by atomic mass is 10.1. The van der Waals surface area contributed by atoms with E-state index < -0.39 is 0 Å². The lowest BCUT2D eigenvalue weighted by Crippen LogP contribution is -2.12. The second kappa shape index (κ2) is 10.1. The molecule has 0 saturated carbocycles. The Kier molecular flexibility index (Phi) is 6.99. The van der Waals surface area contributed by atoms with Crippen LogP contribution in [0.2, 0.25) is 0 Å². The lowest BCUT2D eigenvalue weighted by Gasteiger charge is -2.06. The van der Waals surface area contributed by atoms with Gasteiger partial charge in [0.05, 0.1) is 6.04 Å². The van der Waals surface area contributed by atoms with Crippen molar-refractivity contribution < 1.29 is 4.52 Å². The average molecular weight is 395 g/mol. The summed E-state index contributed by atoms with van der Waals surface area (Å²) in [7, 11) is 0. The average Bonchev–Trinajstić information content (AvgIpc) is 3.50. The molecule has 1 N–H and O–H groups in total. The molecule has 4 rings (SSSR count). The number of nitrogens with zero attached hydrogens (tertiary/aromatic N) is 3. The van der Waals surface area contributed by atoms with Gasteiger partial charge in [-0.1, -0.05) is 69.2 Å². The molecular weight excluding hydrogens is 360 g/mol. The Hall–Kier alpha value is -2.14. The highest BCUT2D eigenvalue weighted by molar-refractivity contribution is 5.84. The van der Waals surface area contributed by atoms with Crippen LogP contribution in [0, 0.1) is 0 Å². The topological polar surface area (TPSA) is 55.9 Å². The molecule has 1 aliphatic rings. The van der Waals surface area contributed by atoms with Gasteiger partial charge in [0.1, 0.15) is 0 Å². The first-order chi connectivity index (χ1) is 14.3. The van der Waals surface area contributed by atoms with Crippen LogP contribution >= 0.6 is 0 Å². The molecule has 5 nitrogen and oxygen atoms in total. The third kappa shape index (κ3) is 5.08. The minimum absolute atomic E-state index is 0.214. The van der Waals surface area contributed by atoms with Crippen LogP contribution in [0.15, 0.2) is 35.0 Å². The van der Waals surface area contributed by atoms with Gasteiger partial charge in [0.25, 0.3) is 0 Å². The number of aromatic nitrogens is 3. The first-order valence-corrected chi connectivity index (χ1v) is 11.5. The molecule has 1 atom stereocenters. The minimum atomic E-state index is 0.214. The Bertz CT molecular complexity index is 891. The van der Waals surface area contributed by atoms with E-state index in [0.717, 1.165) is 25.1 Å². The Balaban J connectivity index is 1.35. The Morgan fingerprint density at radius 1 is 1.07 bits per heavy atom. The maximum Gasteiger partial charge on any atom is 0.244 e. The summed E-state index contributed by atoms with van der Waals surface area (Å²) in [6, 6.07) is 8.88. The van der Waals surface area contributed by atoms with Crippen LogP contribution < -0.4 is 5.32 Å². The first-order valence-electron chi connectivity index (χ1n) is 11.5. The van der Waals surface area contributed by atoms with Crippen LogP contribution in [0.5, 0.6) is 0 Å². The van der Waals surface area contributed by atoms with Crippen LogP contribution in [0.3, 0.4) is 0 Å². The van der Waals surface area contributed by atoms with Crippen LogP contribution in [0.25, 0.3) is 22.3 Å². The minimum Gasteiger partial charge on any atom is -0.347 e. The van der Waals surface area contributed by atoms with Gasteiger partial charge in [-0.2, -0.15) is 4.98 Å². The zero-order chi connectivity index (χ0) is 19.9. The highest BCUT2D eigenvalue weighted by atomic mass is 16.5. The maximum atomic E-state index is 5.52. The highest BCUT2D eigenvalue weighted by Gasteiger charge is 2.22. The van der Waals surface area contributed by atoms with Crippen molar-refractivity contribution in [3.05, 3.63) is 36.4 Å². The third-order valence-corrected chi connectivity index (χ3v) is 6.08. The van der Waals surface area contributed by atoms with Crippen molar-refractivity contribution >= 4 is 10.9 Å². The molecular formula is C24H34N4O. The molecule has 2 aromatic heterocycles. The smallest absolute Gasteiger partial charge is 0.244 e. The van der Waals surface area contributed by atoms with Crippen LogP contribution in [0.1, 0.15) is 83.1 Å². The van der Waals surface area contributed by atoms with Gasteiger partial charge < -0.3 is 14.4 Å². The molecule has 0 spiro atoms. The van der Waals surface area contributed by atoms with Gasteiger partial charge >= 0.3 is 0 Å². The summed E-state index contributed by atoms with van der Waals surface area (Å²) in [5.74, 6) is 1.40. The van der Waals surface area contributed by atoms with E-state index in [1.165, 1.54) is 68.7 Å². The molecule has 29 heavy (non-hydrogen) atoms. The van der Waals surface area contributed by atoms with Gasteiger partial charge in [-0.05, 0) is 43.3 Å². The summed E-state index contributed by atoms with van der Waals surface area (Å²) in [6.07, 6.45) is 15.2. The Morgan fingerprint density at radius 2 is 1.90 bits per heavy atom. The van der Waals surface area contributed by atoms with Crippen molar-refractivity contribution in [1.82, 2.24) is 20.0 Å². The van der Waals surface area contributed by atoms with Crippen molar-refractivity contribution in [2.45, 2.75) is 83.7 Å². The molecule has 3 aromatic rings. The van der Waals surface area contributed by atoms with Gasteiger partial charge in [-0.3, -0.25) is 0 Å². The highest BCUT2D eigenvalue weighted by Crippen LogP contribution is 2.27. The number of hydrogen-bond donors (Lipinski definition) is 1. The number of aryl methyl sites for hydroxylation is 1. The molecule has 0 radical (unpaired) electrons. The molecule has 1 aromatic carbocycles. The van der Waals surface area contributed by atoms with Crippen LogP contribution in [-0.2, 0) is 6.54 Å². The number of benzene rings is 1. The van der Waals surface area contributed by atoms with Crippen molar-refractivity contribution in [3.8, 4) is 11.4 Å². The molecule has 1 aliphatic heterocycles. The summed E-state index contributed by atoms with van der Waals surface area (Å²) in [4.78, 5) is 4.65. The van der Waals surface area contributed by atoms with Crippen molar-refractivity contribution in [2.75, 3.05) is 6.54 Å². The number of rotatable bonds is 11. The second-order valence-electron chi connectivity index (χ2n) is 8.36. The molecule has 5 heteroatoms. The Labute approximate surface area is 173 Å². The fraction of sp³-hybridized carbons (Fsp3) is 0.583. The van der Waals surface area contributed by atoms with Gasteiger partial charge in [0.2, 0.25) is 11.7 Å². The second-order valence-corrected chi connectivity index (χ2v) is 8.36. The molecule has 1 unspecified atom stereocenters. The van der Waals surface area contributed by atoms with Gasteiger partial charge in [-0.25, -0.2) is 0 Å². The summed E-state index contributed by atoms with van der Waals surface area (Å²) in [5.41, 5.74) is 2.29. The zero-order valence-corrected chi connectivity index (χ0v) is 17.7. The monoisotopic (exact) mass is 394 g/mol. The molecule has 156 valence electrons. The standard InChI is InChI=1S/C24H34N4O/c1-2-3-4-5-6-7-8-9-16-28-17-14-19-12-13-20(18-22(19)28)23-26-24(29-27-23)21-11-10-15-25-21/h12-14,17-18,21,25H,2-11,15-16H2,1H3. The number of nitrogens with one attached hydrogen (secondary N) is 1. The molecule has 0 aliphatic carbocycles. The summed E-state index contributed by atoms with van der Waals surface area (Å²) >= 11 is 0. The molecule has 3 heterocycles. The summed E-state index contributed by atoms with van der Waals surface area (Å²) in [6.45, 7) is 4.38. The van der Waals surface area contributed by atoms with Crippen LogP contribution in [0.4, 0.5) is 0 Å². The lowest BCUT2D eigenvalue weighted by molar-refractivity contribution is 0.345. The van der Waals surface area contributed by atoms with E-state index in [1.807, 2.05) is 0 Å². The SMILES string of the molecule is CCCCCCCCCCn1ccc2ccc(-c3noc(C4CCCN4)n3)cc21. The first kappa shape index (κ1) is 20.1. The van der Waals surface area contributed by atoms with E-state index in [4.69, 9.17) is 4.52 Å². The van der Waals surface area contributed by atoms with E-state index in [-0.39, 0.29) is 6.04 Å². The van der Waals surface area contributed by atoms with E-state index in [2.05, 4.69) is 57.4 Å². The molecule has 1 saturated heterocycles. The predicted molar refractivity (Wildman–Crippen MR) is 118 cm³/mol. The third-order valence-electron chi connectivity index (χ3n) is 6.08. The van der Waals surface area contributed by atoms with Gasteiger partial charge in [0.15, 0.2) is 0 Å². The zero-order valence-electron chi connectivity index (χ0n) is 17.7. The fourth-order valence-electron chi connectivity index (χ4n) is 4.32. The van der Waals surface area contributed by atoms with Crippen LogP contribution in [-0.4, -0.2) is 21.3 Å².